The lowest BCUT2D eigenvalue weighted by molar-refractivity contribution is -0.128. The predicted octanol–water partition coefficient (Wildman–Crippen LogP) is 2.16. The molecular formula is C17H23ClN4O2. The number of hydrogen-bond donors (Lipinski definition) is 1. The third kappa shape index (κ3) is 4.33. The zero-order valence-corrected chi connectivity index (χ0v) is 14.8. The molecule has 1 fully saturated rings. The highest BCUT2D eigenvalue weighted by atomic mass is 35.5. The Balaban J connectivity index is 0.00000208. The van der Waals surface area contributed by atoms with Gasteiger partial charge in [0.15, 0.2) is 5.82 Å². The van der Waals surface area contributed by atoms with Gasteiger partial charge in [-0.2, -0.15) is 4.98 Å². The van der Waals surface area contributed by atoms with E-state index >= 15 is 0 Å². The Labute approximate surface area is 148 Å². The van der Waals surface area contributed by atoms with E-state index in [1.807, 2.05) is 42.3 Å². The van der Waals surface area contributed by atoms with Crippen LogP contribution in [0, 0.1) is 0 Å². The molecule has 7 heteroatoms. The lowest BCUT2D eigenvalue weighted by atomic mass is 10.1. The first kappa shape index (κ1) is 18.4. The lowest BCUT2D eigenvalue weighted by Gasteiger charge is -2.15. The molecule has 2 atom stereocenters. The Hall–Kier alpha value is -1.92. The van der Waals surface area contributed by atoms with Crippen LogP contribution in [-0.4, -0.2) is 40.6 Å². The average molecular weight is 351 g/mol. The van der Waals surface area contributed by atoms with Gasteiger partial charge in [0.1, 0.15) is 0 Å². The molecule has 0 spiro atoms. The van der Waals surface area contributed by atoms with E-state index in [2.05, 4.69) is 22.4 Å². The van der Waals surface area contributed by atoms with Crippen LogP contribution < -0.4 is 5.32 Å². The molecule has 0 aliphatic carbocycles. The van der Waals surface area contributed by atoms with E-state index in [-0.39, 0.29) is 24.2 Å². The number of rotatable bonds is 6. The molecule has 1 amide bonds. The first-order valence-electron chi connectivity index (χ1n) is 7.97. The quantitative estimate of drug-likeness (QED) is 0.864. The van der Waals surface area contributed by atoms with Crippen molar-refractivity contribution in [3.63, 3.8) is 0 Å². The van der Waals surface area contributed by atoms with Gasteiger partial charge in [-0.25, -0.2) is 0 Å². The van der Waals surface area contributed by atoms with Crippen LogP contribution in [0.15, 0.2) is 34.9 Å². The summed E-state index contributed by atoms with van der Waals surface area (Å²) in [5.41, 5.74) is 1.13. The van der Waals surface area contributed by atoms with E-state index in [0.29, 0.717) is 43.7 Å². The van der Waals surface area contributed by atoms with Crippen LogP contribution in [-0.2, 0) is 17.8 Å². The summed E-state index contributed by atoms with van der Waals surface area (Å²) in [6, 6.07) is 10.3. The van der Waals surface area contributed by atoms with Gasteiger partial charge in [-0.05, 0) is 19.5 Å². The van der Waals surface area contributed by atoms with Crippen LogP contribution in [0.1, 0.15) is 36.5 Å². The summed E-state index contributed by atoms with van der Waals surface area (Å²) in [6.45, 7) is 3.33. The number of benzene rings is 1. The van der Waals surface area contributed by atoms with Crippen molar-refractivity contribution >= 4 is 18.3 Å². The lowest BCUT2D eigenvalue weighted by Crippen LogP contribution is -2.24. The first-order chi connectivity index (χ1) is 11.2. The molecule has 24 heavy (non-hydrogen) atoms. The smallest absolute Gasteiger partial charge is 0.232 e. The molecule has 0 radical (unpaired) electrons. The summed E-state index contributed by atoms with van der Waals surface area (Å²) in [5.74, 6) is 1.41. The second-order valence-corrected chi connectivity index (χ2v) is 6.10. The molecule has 1 aliphatic rings. The van der Waals surface area contributed by atoms with Gasteiger partial charge in [0.25, 0.3) is 0 Å². The molecular weight excluding hydrogens is 328 g/mol. The van der Waals surface area contributed by atoms with Gasteiger partial charge in [0.2, 0.25) is 11.8 Å². The highest BCUT2D eigenvalue weighted by Crippen LogP contribution is 2.28. The number of likely N-dealkylation sites (N-methyl/N-ethyl adjacent to an activating group) is 1. The van der Waals surface area contributed by atoms with Gasteiger partial charge in [-0.3, -0.25) is 4.79 Å². The van der Waals surface area contributed by atoms with Crippen molar-refractivity contribution in [1.29, 1.82) is 0 Å². The predicted molar refractivity (Wildman–Crippen MR) is 93.0 cm³/mol. The molecule has 1 aliphatic heterocycles. The summed E-state index contributed by atoms with van der Waals surface area (Å²) in [5, 5.41) is 7.18. The van der Waals surface area contributed by atoms with Crippen molar-refractivity contribution in [1.82, 2.24) is 20.4 Å². The number of nitrogens with zero attached hydrogens (tertiary/aromatic N) is 3. The van der Waals surface area contributed by atoms with Gasteiger partial charge in [0.05, 0.1) is 5.92 Å². The zero-order valence-electron chi connectivity index (χ0n) is 13.9. The van der Waals surface area contributed by atoms with Crippen LogP contribution in [0.3, 0.4) is 0 Å². The number of halogens is 1. The van der Waals surface area contributed by atoms with Gasteiger partial charge in [-0.15, -0.1) is 12.4 Å². The minimum atomic E-state index is -0.00245. The number of nitrogens with one attached hydrogen (secondary N) is 1. The van der Waals surface area contributed by atoms with Crippen molar-refractivity contribution in [2.75, 3.05) is 13.6 Å². The average Bonchev–Trinajstić information content (AvgIpc) is 3.16. The highest BCUT2D eigenvalue weighted by Gasteiger charge is 2.34. The van der Waals surface area contributed by atoms with Crippen LogP contribution >= 0.6 is 12.4 Å². The first-order valence-corrected chi connectivity index (χ1v) is 7.97. The molecule has 1 N–H and O–H groups in total. The Morgan fingerprint density at radius 1 is 1.38 bits per heavy atom. The van der Waals surface area contributed by atoms with Crippen LogP contribution in [0.4, 0.5) is 0 Å². The summed E-state index contributed by atoms with van der Waals surface area (Å²) in [6.07, 6.45) is 1.16. The summed E-state index contributed by atoms with van der Waals surface area (Å²) < 4.78 is 5.37. The molecule has 3 rings (SSSR count). The molecule has 0 bridgehead atoms. The topological polar surface area (TPSA) is 71.3 Å². The minimum absolute atomic E-state index is 0. The second kappa shape index (κ2) is 8.26. The molecule has 2 aromatic rings. The van der Waals surface area contributed by atoms with E-state index in [9.17, 15) is 4.79 Å². The number of aromatic nitrogens is 2. The molecule has 1 saturated heterocycles. The second-order valence-electron chi connectivity index (χ2n) is 6.10. The molecule has 130 valence electrons. The van der Waals surface area contributed by atoms with E-state index in [1.165, 1.54) is 0 Å². The van der Waals surface area contributed by atoms with Crippen molar-refractivity contribution in [2.45, 2.75) is 38.3 Å². The van der Waals surface area contributed by atoms with Crippen LogP contribution in [0.5, 0.6) is 0 Å². The van der Waals surface area contributed by atoms with Gasteiger partial charge in [-0.1, -0.05) is 35.5 Å². The molecule has 0 saturated carbocycles. The fourth-order valence-electron chi connectivity index (χ4n) is 2.79. The van der Waals surface area contributed by atoms with E-state index in [4.69, 9.17) is 4.52 Å². The van der Waals surface area contributed by atoms with Crippen LogP contribution in [0.2, 0.25) is 0 Å². The van der Waals surface area contributed by atoms with Crippen molar-refractivity contribution in [3.8, 4) is 0 Å². The number of likely N-dealkylation sites (tertiary alicyclic amines) is 1. The largest absolute Gasteiger partial charge is 0.339 e. The summed E-state index contributed by atoms with van der Waals surface area (Å²) in [4.78, 5) is 18.5. The molecule has 2 heterocycles. The van der Waals surface area contributed by atoms with E-state index in [0.717, 1.165) is 5.56 Å². The van der Waals surface area contributed by atoms with Gasteiger partial charge in [0, 0.05) is 32.0 Å². The fraction of sp³-hybridized carbons (Fsp3) is 0.471. The molecule has 6 nitrogen and oxygen atoms in total. The van der Waals surface area contributed by atoms with Crippen molar-refractivity contribution in [2.24, 2.45) is 0 Å². The number of amides is 1. The maximum Gasteiger partial charge on any atom is 0.232 e. The highest BCUT2D eigenvalue weighted by molar-refractivity contribution is 5.85. The minimum Gasteiger partial charge on any atom is -0.339 e. The fourth-order valence-corrected chi connectivity index (χ4v) is 2.79. The molecule has 1 aromatic heterocycles. The Morgan fingerprint density at radius 2 is 2.12 bits per heavy atom. The van der Waals surface area contributed by atoms with Crippen molar-refractivity contribution in [3.05, 3.63) is 47.6 Å². The maximum atomic E-state index is 12.2. The molecule has 1 aromatic carbocycles. The van der Waals surface area contributed by atoms with Crippen molar-refractivity contribution < 1.29 is 9.32 Å². The zero-order chi connectivity index (χ0) is 16.2. The number of hydrogen-bond acceptors (Lipinski definition) is 5. The third-order valence-electron chi connectivity index (χ3n) is 4.25. The standard InChI is InChI=1S/C17H22N4O2.ClH/c1-12(18-2)8-15-19-17(23-20-15)14-9-16(22)21(11-14)10-13-6-4-3-5-7-13;/h3-7,12,14,18H,8-11H2,1-2H3;1H. The Kier molecular flexibility index (Phi) is 6.34. The maximum absolute atomic E-state index is 12.2. The monoisotopic (exact) mass is 350 g/mol. The van der Waals surface area contributed by atoms with Crippen LogP contribution in [0.25, 0.3) is 0 Å². The normalized spacial score (nSPS) is 18.5. The van der Waals surface area contributed by atoms with Gasteiger partial charge >= 0.3 is 0 Å². The van der Waals surface area contributed by atoms with Gasteiger partial charge < -0.3 is 14.7 Å². The third-order valence-corrected chi connectivity index (χ3v) is 4.25. The summed E-state index contributed by atoms with van der Waals surface area (Å²) >= 11 is 0. The van der Waals surface area contributed by atoms with E-state index in [1.54, 1.807) is 0 Å². The Morgan fingerprint density at radius 3 is 2.83 bits per heavy atom. The van der Waals surface area contributed by atoms with E-state index < -0.39 is 0 Å². The Bertz CT molecular complexity index is 662. The SMILES string of the molecule is CNC(C)Cc1noc(C2CC(=O)N(Cc3ccccc3)C2)n1.Cl. The number of carbonyl (C=O) groups is 1. The summed E-state index contributed by atoms with van der Waals surface area (Å²) in [7, 11) is 1.91. The molecule has 2 unspecified atom stereocenters. The number of carbonyl (C=O) groups excluding carboxylic acids is 1.